The molecule has 3 aromatic heterocycles. The van der Waals surface area contributed by atoms with E-state index in [1.165, 1.54) is 0 Å². The molecule has 7 aromatic carbocycles. The van der Waals surface area contributed by atoms with Crippen LogP contribution in [0.5, 0.6) is 0 Å². The fourth-order valence-corrected chi connectivity index (χ4v) is 8.47. The van der Waals surface area contributed by atoms with Crippen LogP contribution in [0.4, 0.5) is 26.3 Å². The molecule has 60 heavy (non-hydrogen) atoms. The van der Waals surface area contributed by atoms with E-state index in [2.05, 4.69) is 24.3 Å². The Balaban J connectivity index is 1.28. The lowest BCUT2D eigenvalue weighted by Gasteiger charge is -2.17. The molecule has 0 atom stereocenters. The Hall–Kier alpha value is -7.13. The predicted molar refractivity (Wildman–Crippen MR) is 229 cm³/mol. The molecule has 0 fully saturated rings. The average molecular weight is 802 g/mol. The lowest BCUT2D eigenvalue weighted by molar-refractivity contribution is -0.143. The highest BCUT2D eigenvalue weighted by atomic mass is 19.4. The molecule has 9 heteroatoms. The monoisotopic (exact) mass is 801 g/mol. The van der Waals surface area contributed by atoms with E-state index < -0.39 is 23.5 Å². The van der Waals surface area contributed by atoms with Crippen LogP contribution in [-0.2, 0) is 12.4 Å². The third-order valence-corrected chi connectivity index (χ3v) is 11.2. The maximum absolute atomic E-state index is 14.3. The predicted octanol–water partition coefficient (Wildman–Crippen LogP) is 14.9. The maximum atomic E-state index is 14.3. The van der Waals surface area contributed by atoms with Gasteiger partial charge in [-0.25, -0.2) is 4.98 Å². The highest BCUT2D eigenvalue weighted by molar-refractivity contribution is 6.11. The third-order valence-electron chi connectivity index (χ3n) is 11.2. The fourth-order valence-electron chi connectivity index (χ4n) is 8.47. The number of aromatic nitrogens is 3. The molecule has 0 unspecified atom stereocenters. The van der Waals surface area contributed by atoms with Crippen LogP contribution < -0.4 is 0 Å². The first-order chi connectivity index (χ1) is 28.8. The average Bonchev–Trinajstić information content (AvgIpc) is 3.75. The van der Waals surface area contributed by atoms with Gasteiger partial charge in [-0.1, -0.05) is 108 Å². The molecule has 10 aromatic rings. The van der Waals surface area contributed by atoms with E-state index in [1.807, 2.05) is 132 Å². The zero-order valence-corrected chi connectivity index (χ0v) is 32.2. The van der Waals surface area contributed by atoms with Crippen molar-refractivity contribution in [2.45, 2.75) is 26.2 Å². The molecule has 0 N–H and O–H groups in total. The molecule has 3 nitrogen and oxygen atoms in total. The van der Waals surface area contributed by atoms with Gasteiger partial charge in [0.15, 0.2) is 0 Å². The molecule has 0 radical (unpaired) electrons. The summed E-state index contributed by atoms with van der Waals surface area (Å²) in [6.45, 7) is 4.07. The molecule has 0 spiro atoms. The van der Waals surface area contributed by atoms with Gasteiger partial charge >= 0.3 is 12.4 Å². The van der Waals surface area contributed by atoms with Gasteiger partial charge in [0.1, 0.15) is 11.6 Å². The number of benzene rings is 7. The van der Waals surface area contributed by atoms with Crippen molar-refractivity contribution >= 4 is 43.6 Å². The molecule has 10 rings (SSSR count). The first kappa shape index (κ1) is 37.2. The summed E-state index contributed by atoms with van der Waals surface area (Å²) in [6, 6.07) is 49.0. The van der Waals surface area contributed by atoms with E-state index in [0.29, 0.717) is 11.6 Å². The number of nitrogens with zero attached hydrogens (tertiary/aromatic N) is 3. The van der Waals surface area contributed by atoms with Crippen molar-refractivity contribution < 1.29 is 26.3 Å². The largest absolute Gasteiger partial charge is 0.416 e. The van der Waals surface area contributed by atoms with Gasteiger partial charge in [0.2, 0.25) is 0 Å². The normalized spacial score (nSPS) is 12.3. The maximum Gasteiger partial charge on any atom is 0.416 e. The minimum atomic E-state index is -5.03. The van der Waals surface area contributed by atoms with Crippen molar-refractivity contribution in [2.24, 2.45) is 0 Å². The van der Waals surface area contributed by atoms with Crippen LogP contribution >= 0.6 is 0 Å². The summed E-state index contributed by atoms with van der Waals surface area (Å²) in [5.74, 6) is 0.649. The number of pyridine rings is 1. The van der Waals surface area contributed by atoms with Crippen molar-refractivity contribution in [3.8, 4) is 45.0 Å². The van der Waals surface area contributed by atoms with E-state index in [4.69, 9.17) is 4.98 Å². The van der Waals surface area contributed by atoms with Gasteiger partial charge in [0.05, 0.1) is 33.2 Å². The topological polar surface area (TPSA) is 22.8 Å². The summed E-state index contributed by atoms with van der Waals surface area (Å²) < 4.78 is 89.8. The van der Waals surface area contributed by atoms with Crippen molar-refractivity contribution in [3.05, 3.63) is 186 Å². The molecule has 0 saturated carbocycles. The summed E-state index contributed by atoms with van der Waals surface area (Å²) in [5, 5.41) is 3.65. The van der Waals surface area contributed by atoms with E-state index >= 15 is 0 Å². The molecule has 0 aliphatic rings. The Kier molecular flexibility index (Phi) is 8.50. The quantitative estimate of drug-likeness (QED) is 0.159. The molecule has 294 valence electrons. The van der Waals surface area contributed by atoms with Gasteiger partial charge in [-0.05, 0) is 114 Å². The highest BCUT2D eigenvalue weighted by Gasteiger charge is 2.37. The van der Waals surface area contributed by atoms with Crippen LogP contribution in [0.25, 0.3) is 88.6 Å². The zero-order valence-electron chi connectivity index (χ0n) is 32.2. The first-order valence-corrected chi connectivity index (χ1v) is 19.3. The molecule has 0 aliphatic carbocycles. The van der Waals surface area contributed by atoms with Gasteiger partial charge in [-0.3, -0.25) is 9.13 Å². The Morgan fingerprint density at radius 1 is 0.350 bits per heavy atom. The Bertz CT molecular complexity index is 3120. The lowest BCUT2D eigenvalue weighted by atomic mass is 9.99. The summed E-state index contributed by atoms with van der Waals surface area (Å²) in [7, 11) is 0. The molecule has 3 heterocycles. The van der Waals surface area contributed by atoms with Gasteiger partial charge in [-0.2, -0.15) is 26.3 Å². The summed E-state index contributed by atoms with van der Waals surface area (Å²) in [4.78, 5) is 5.25. The van der Waals surface area contributed by atoms with Crippen molar-refractivity contribution in [1.82, 2.24) is 14.1 Å². The first-order valence-electron chi connectivity index (χ1n) is 19.3. The van der Waals surface area contributed by atoms with Crippen molar-refractivity contribution in [1.29, 1.82) is 0 Å². The molecule has 0 saturated heterocycles. The summed E-state index contributed by atoms with van der Waals surface area (Å²) in [6.07, 6.45) is -10.1. The highest BCUT2D eigenvalue weighted by Crippen LogP contribution is 2.42. The second kappa shape index (κ2) is 13.7. The Morgan fingerprint density at radius 2 is 0.750 bits per heavy atom. The van der Waals surface area contributed by atoms with Crippen LogP contribution in [0, 0.1) is 13.8 Å². The zero-order chi connectivity index (χ0) is 41.5. The van der Waals surface area contributed by atoms with E-state index in [-0.39, 0.29) is 17.2 Å². The number of alkyl halides is 6. The molecule has 0 amide bonds. The number of halogens is 6. The molecule has 0 aliphatic heterocycles. The lowest BCUT2D eigenvalue weighted by Crippen LogP contribution is -2.11. The van der Waals surface area contributed by atoms with Crippen LogP contribution in [0.1, 0.15) is 22.3 Å². The standard InChI is InChI=1S/C51H33F6N3/c1-30-9-7-11-32(21-30)34-17-19-46-42(25-34)40-13-3-5-15-44(40)59(46)48-27-37(36-23-38(50(52,53)54)29-39(24-36)51(55,56)57)28-49(58-48)60-45-16-6-4-14-41(45)43-26-35(18-20-47(43)60)33-12-8-10-31(2)22-33/h3-29H,1-2H3. The number of rotatable bonds is 5. The minimum absolute atomic E-state index is 0.135. The number of aryl methyl sites for hydroxylation is 2. The van der Waals surface area contributed by atoms with Crippen LogP contribution in [-0.4, -0.2) is 14.1 Å². The molecular weight excluding hydrogens is 769 g/mol. The van der Waals surface area contributed by atoms with Gasteiger partial charge in [0, 0.05) is 21.5 Å². The second-order valence-electron chi connectivity index (χ2n) is 15.3. The third kappa shape index (κ3) is 6.38. The second-order valence-corrected chi connectivity index (χ2v) is 15.3. The number of hydrogen-bond donors (Lipinski definition) is 0. The number of hydrogen-bond acceptors (Lipinski definition) is 1. The summed E-state index contributed by atoms with van der Waals surface area (Å²) in [5.41, 5.74) is 6.49. The molecule has 0 bridgehead atoms. The fraction of sp³-hybridized carbons (Fsp3) is 0.0784. The smallest absolute Gasteiger partial charge is 0.294 e. The van der Waals surface area contributed by atoms with E-state index in [1.54, 1.807) is 12.1 Å². The number of para-hydroxylation sites is 2. The molecular formula is C51H33F6N3. The minimum Gasteiger partial charge on any atom is -0.294 e. The SMILES string of the molecule is Cc1cccc(-c2ccc3c(c2)c2ccccc2n3-c2cc(-c3cc(C(F)(F)F)cc(C(F)(F)F)c3)cc(-n3c4ccccc4c4cc(-c5cccc(C)c5)ccc43)n2)c1. The van der Waals surface area contributed by atoms with E-state index in [0.717, 1.165) is 89.1 Å². The van der Waals surface area contributed by atoms with Crippen molar-refractivity contribution in [2.75, 3.05) is 0 Å². The Morgan fingerprint density at radius 3 is 1.18 bits per heavy atom. The Labute approximate surface area is 340 Å². The van der Waals surface area contributed by atoms with Crippen LogP contribution in [0.15, 0.2) is 164 Å². The van der Waals surface area contributed by atoms with E-state index in [9.17, 15) is 26.3 Å². The van der Waals surface area contributed by atoms with Gasteiger partial charge in [0.25, 0.3) is 0 Å². The van der Waals surface area contributed by atoms with Crippen molar-refractivity contribution in [3.63, 3.8) is 0 Å². The van der Waals surface area contributed by atoms with Gasteiger partial charge < -0.3 is 0 Å². The van der Waals surface area contributed by atoms with Gasteiger partial charge in [-0.15, -0.1) is 0 Å². The summed E-state index contributed by atoms with van der Waals surface area (Å²) >= 11 is 0. The number of fused-ring (bicyclic) bond motifs is 6. The van der Waals surface area contributed by atoms with Crippen LogP contribution in [0.2, 0.25) is 0 Å². The van der Waals surface area contributed by atoms with Crippen LogP contribution in [0.3, 0.4) is 0 Å².